The number of hydrogen-bond donors (Lipinski definition) is 3. The summed E-state index contributed by atoms with van der Waals surface area (Å²) >= 11 is 0. The minimum absolute atomic E-state index is 0.0456. The van der Waals surface area contributed by atoms with Crippen molar-refractivity contribution in [1.82, 2.24) is 30.2 Å². The molecule has 84 heavy (non-hydrogen) atoms. The first-order valence-electron chi connectivity index (χ1n) is 28.7. The summed E-state index contributed by atoms with van der Waals surface area (Å²) in [6.45, 7) is 9.59. The zero-order valence-corrected chi connectivity index (χ0v) is 50.5. The number of ether oxygens (including phenoxy) is 4. The van der Waals surface area contributed by atoms with Crippen LogP contribution in [0.2, 0.25) is 0 Å². The fraction of sp³-hybridized carbons (Fsp3) is 0.524. The van der Waals surface area contributed by atoms with Gasteiger partial charge in [0.15, 0.2) is 11.5 Å². The molecule has 0 aromatic heterocycles. The number of anilines is 1. The van der Waals surface area contributed by atoms with Gasteiger partial charge in [0.05, 0.1) is 26.2 Å². The van der Waals surface area contributed by atoms with E-state index in [1.54, 1.807) is 68.4 Å². The van der Waals surface area contributed by atoms with E-state index in [1.807, 2.05) is 32.0 Å². The monoisotopic (exact) mass is 1160 g/mol. The number of piperidine rings is 1. The molecule has 3 N–H and O–H groups in total. The molecule has 2 aliphatic rings. The third kappa shape index (κ3) is 19.0. The molecule has 3 aromatic rings. The number of esters is 2. The van der Waals surface area contributed by atoms with E-state index < -0.39 is 114 Å². The summed E-state index contributed by atoms with van der Waals surface area (Å²) in [5.41, 5.74) is 0.891. The highest BCUT2D eigenvalue weighted by atomic mass is 16.5. The van der Waals surface area contributed by atoms with Crippen LogP contribution in [0.4, 0.5) is 5.69 Å². The van der Waals surface area contributed by atoms with E-state index in [0.717, 1.165) is 17.2 Å². The van der Waals surface area contributed by atoms with Gasteiger partial charge in [-0.25, -0.2) is 9.59 Å². The summed E-state index contributed by atoms with van der Waals surface area (Å²) in [7, 11) is 7.50. The number of hydrogen-bond acceptors (Lipinski definition) is 14. The standard InChI is InChI=1S/C63H85N7O14/c1-40(2)34-48-58(76)66-46(35-42-20-13-12-14-21-42)60(78)69(9)56(41(3)4)59(77)64-38-54(73)67(7)32-17-16-25-55(74)83-39-63(5,6)57(75)61(79)70-33-18-15-24-47(70)62(80)84-49(28-26-43-27-29-50(81-10)51(36-43)82-11)44-22-19-23-45(37-44)65-52(71)30-31-53(72)68(48)8/h12-14,16,19-23,25,27,29,36-37,40-41,46-49,56H,15,17-18,24,26,28,30-35,38-39H2,1-11H3,(H,64,77)(H,65,71)(H,66,76)/b25-16-/t46-,47+,48+,49-,56+/m1/s1. The van der Waals surface area contributed by atoms with E-state index in [-0.39, 0.29) is 64.0 Å². The van der Waals surface area contributed by atoms with Crippen LogP contribution in [0, 0.1) is 17.3 Å². The number of ketones is 1. The Bertz CT molecular complexity index is 2850. The smallest absolute Gasteiger partial charge is 0.330 e. The van der Waals surface area contributed by atoms with Gasteiger partial charge in [-0.2, -0.15) is 0 Å². The second-order valence-electron chi connectivity index (χ2n) is 22.9. The van der Waals surface area contributed by atoms with E-state index in [2.05, 4.69) is 16.0 Å². The van der Waals surface area contributed by atoms with Gasteiger partial charge in [-0.15, -0.1) is 0 Å². The Morgan fingerprint density at radius 3 is 2.14 bits per heavy atom. The van der Waals surface area contributed by atoms with Crippen LogP contribution in [-0.2, 0) is 70.3 Å². The molecule has 21 heteroatoms. The number of amides is 7. The zero-order chi connectivity index (χ0) is 61.8. The van der Waals surface area contributed by atoms with E-state index in [1.165, 1.54) is 74.9 Å². The van der Waals surface area contributed by atoms with Crippen LogP contribution in [0.25, 0.3) is 0 Å². The summed E-state index contributed by atoms with van der Waals surface area (Å²) in [6.07, 6.45) is 3.52. The maximum Gasteiger partial charge on any atom is 0.330 e. The highest BCUT2D eigenvalue weighted by Gasteiger charge is 2.43. The molecule has 2 bridgehead atoms. The normalized spacial score (nSPS) is 22.6. The van der Waals surface area contributed by atoms with Gasteiger partial charge in [0.1, 0.15) is 36.9 Å². The van der Waals surface area contributed by atoms with Crippen molar-refractivity contribution in [2.75, 3.05) is 66.9 Å². The predicted molar refractivity (Wildman–Crippen MR) is 314 cm³/mol. The Hall–Kier alpha value is -8.10. The molecule has 0 saturated carbocycles. The van der Waals surface area contributed by atoms with Crippen molar-refractivity contribution < 1.29 is 66.9 Å². The SMILES string of the molecule is COc1ccc(CC[C@H]2OC(=O)[C@@H]3CCCCN3C(=O)C(=O)C(C)(C)COC(=O)/C=C\CCN(C)C(=O)CNC(=O)[C@H](C(C)C)N(C)C(=O)[C@@H](Cc3ccccc3)NC(=O)[C@H](CC(C)C)N(C)C(=O)CCC(=O)Nc3cccc2c3)cc1OC. The number of benzene rings is 3. The van der Waals surface area contributed by atoms with Crippen molar-refractivity contribution in [1.29, 1.82) is 0 Å². The van der Waals surface area contributed by atoms with Crippen LogP contribution in [0.15, 0.2) is 84.9 Å². The van der Waals surface area contributed by atoms with Gasteiger partial charge in [0.25, 0.3) is 5.91 Å². The van der Waals surface area contributed by atoms with Gasteiger partial charge in [-0.1, -0.05) is 82.3 Å². The number of cyclic esters (lactones) is 2. The summed E-state index contributed by atoms with van der Waals surface area (Å²) in [4.78, 5) is 145. The Labute approximate surface area is 493 Å². The number of methoxy groups -OCH3 is 2. The lowest BCUT2D eigenvalue weighted by Gasteiger charge is -2.36. The lowest BCUT2D eigenvalue weighted by Crippen LogP contribution is -2.59. The third-order valence-electron chi connectivity index (χ3n) is 15.1. The van der Waals surface area contributed by atoms with Gasteiger partial charge in [0.2, 0.25) is 41.2 Å². The van der Waals surface area contributed by atoms with Crippen molar-refractivity contribution in [3.63, 3.8) is 0 Å². The summed E-state index contributed by atoms with van der Waals surface area (Å²) in [6, 6.07) is 16.7. The Morgan fingerprint density at radius 1 is 0.750 bits per heavy atom. The Morgan fingerprint density at radius 2 is 1.46 bits per heavy atom. The predicted octanol–water partition coefficient (Wildman–Crippen LogP) is 5.78. The maximum absolute atomic E-state index is 14.6. The van der Waals surface area contributed by atoms with E-state index in [4.69, 9.17) is 18.9 Å². The Balaban J connectivity index is 1.47. The van der Waals surface area contributed by atoms with E-state index in [9.17, 15) is 47.9 Å². The van der Waals surface area contributed by atoms with Crippen LogP contribution in [-0.4, -0.2) is 164 Å². The second kappa shape index (κ2) is 31.5. The molecule has 1 saturated heterocycles. The largest absolute Gasteiger partial charge is 0.493 e. The molecule has 5 rings (SSSR count). The molecule has 0 radical (unpaired) electrons. The first-order chi connectivity index (χ1) is 39.8. The van der Waals surface area contributed by atoms with Crippen LogP contribution in [0.3, 0.4) is 0 Å². The molecule has 7 amide bonds. The first kappa shape index (κ1) is 66.7. The van der Waals surface area contributed by atoms with Crippen molar-refractivity contribution in [3.05, 3.63) is 102 Å². The number of likely N-dealkylation sites (N-methyl/N-ethyl adjacent to an activating group) is 3. The van der Waals surface area contributed by atoms with Crippen molar-refractivity contribution in [3.8, 4) is 11.5 Å². The average molecular weight is 1160 g/mol. The lowest BCUT2D eigenvalue weighted by atomic mass is 9.87. The molecule has 5 atom stereocenters. The molecule has 0 unspecified atom stereocenters. The number of rotatable bonds is 10. The van der Waals surface area contributed by atoms with Gasteiger partial charge in [-0.3, -0.25) is 38.4 Å². The van der Waals surface area contributed by atoms with Gasteiger partial charge >= 0.3 is 11.9 Å². The highest BCUT2D eigenvalue weighted by Crippen LogP contribution is 2.33. The molecule has 21 nitrogen and oxygen atoms in total. The molecular formula is C63H85N7O14. The molecule has 2 aliphatic heterocycles. The van der Waals surface area contributed by atoms with Gasteiger partial charge in [-0.05, 0) is 112 Å². The topological polar surface area (TPSA) is 257 Å². The number of fused-ring (bicyclic) bond motifs is 3. The number of nitrogens with one attached hydrogen (secondary N) is 3. The van der Waals surface area contributed by atoms with E-state index in [0.29, 0.717) is 42.0 Å². The molecule has 456 valence electrons. The van der Waals surface area contributed by atoms with Crippen LogP contribution < -0.4 is 25.4 Å². The minimum atomic E-state index is -1.50. The number of Topliss-reactive ketones (excluding diaryl/α,β-unsaturated/α-hetero) is 1. The Kier molecular flexibility index (Phi) is 25.0. The summed E-state index contributed by atoms with van der Waals surface area (Å²) in [5, 5.41) is 8.41. The molecule has 1 fully saturated rings. The van der Waals surface area contributed by atoms with Crippen molar-refractivity contribution in [2.24, 2.45) is 17.3 Å². The second-order valence-corrected chi connectivity index (χ2v) is 22.9. The minimum Gasteiger partial charge on any atom is -0.493 e. The summed E-state index contributed by atoms with van der Waals surface area (Å²) in [5.74, 6) is -6.15. The van der Waals surface area contributed by atoms with Crippen molar-refractivity contribution in [2.45, 2.75) is 136 Å². The molecule has 0 aliphatic carbocycles. The van der Waals surface area contributed by atoms with Gasteiger partial charge in [0, 0.05) is 65.3 Å². The summed E-state index contributed by atoms with van der Waals surface area (Å²) < 4.78 is 22.7. The van der Waals surface area contributed by atoms with E-state index >= 15 is 0 Å². The van der Waals surface area contributed by atoms with Gasteiger partial charge < -0.3 is 54.5 Å². The molecule has 3 aromatic carbocycles. The lowest BCUT2D eigenvalue weighted by molar-refractivity contribution is -0.165. The van der Waals surface area contributed by atoms with Crippen LogP contribution >= 0.6 is 0 Å². The highest BCUT2D eigenvalue weighted by molar-refractivity contribution is 6.38. The number of aryl methyl sites for hydroxylation is 1. The fourth-order valence-corrected chi connectivity index (χ4v) is 10.2. The number of carbonyl (C=O) groups is 10. The zero-order valence-electron chi connectivity index (χ0n) is 50.5. The molecule has 0 spiro atoms. The molecule has 2 heterocycles. The average Bonchev–Trinajstić information content (AvgIpc) is 3.66. The third-order valence-corrected chi connectivity index (χ3v) is 15.1. The number of carbonyl (C=O) groups excluding carboxylic acids is 10. The quantitative estimate of drug-likeness (QED) is 0.161. The molecular weight excluding hydrogens is 1080 g/mol. The first-order valence-corrected chi connectivity index (χ1v) is 28.7. The van der Waals surface area contributed by atoms with Crippen molar-refractivity contribution >= 4 is 64.8 Å². The van der Waals surface area contributed by atoms with Crippen LogP contribution in [0.1, 0.15) is 116 Å². The van der Waals surface area contributed by atoms with Crippen LogP contribution in [0.5, 0.6) is 11.5 Å². The maximum atomic E-state index is 14.6. The fourth-order valence-electron chi connectivity index (χ4n) is 10.2. The number of nitrogens with zero attached hydrogens (tertiary/aromatic N) is 4.